The van der Waals surface area contributed by atoms with E-state index in [1.807, 2.05) is 61.5 Å². The summed E-state index contributed by atoms with van der Waals surface area (Å²) in [7, 11) is 0. The second kappa shape index (κ2) is 6.72. The van der Waals surface area contributed by atoms with Gasteiger partial charge in [-0.15, -0.1) is 0 Å². The highest BCUT2D eigenvalue weighted by Gasteiger charge is 2.20. The van der Waals surface area contributed by atoms with Crippen LogP contribution in [0.4, 0.5) is 0 Å². The van der Waals surface area contributed by atoms with E-state index in [0.29, 0.717) is 16.7 Å². The number of hydrogen-bond donors (Lipinski definition) is 0. The van der Waals surface area contributed by atoms with Gasteiger partial charge in [0.2, 0.25) is 0 Å². The first kappa shape index (κ1) is 16.5. The Balaban J connectivity index is 2.07. The van der Waals surface area contributed by atoms with Crippen molar-refractivity contribution in [3.05, 3.63) is 82.3 Å². The predicted octanol–water partition coefficient (Wildman–Crippen LogP) is 6.68. The van der Waals surface area contributed by atoms with Crippen LogP contribution >= 0.6 is 23.2 Å². The van der Waals surface area contributed by atoms with E-state index in [9.17, 15) is 0 Å². The molecule has 0 fully saturated rings. The minimum absolute atomic E-state index is 0.214. The van der Waals surface area contributed by atoms with Crippen LogP contribution in [-0.4, -0.2) is 11.2 Å². The van der Waals surface area contributed by atoms with Crippen LogP contribution in [0.3, 0.4) is 0 Å². The normalized spacial score (nSPS) is 12.8. The number of aromatic nitrogens is 1. The molecule has 0 N–H and O–H groups in total. The minimum atomic E-state index is -0.214. The van der Waals surface area contributed by atoms with Gasteiger partial charge in [-0.3, -0.25) is 0 Å². The highest BCUT2D eigenvalue weighted by molar-refractivity contribution is 6.33. The van der Waals surface area contributed by atoms with Gasteiger partial charge in [-0.25, -0.2) is 0 Å². The lowest BCUT2D eigenvalue weighted by Gasteiger charge is -2.22. The summed E-state index contributed by atoms with van der Waals surface area (Å²) in [6.07, 6.45) is -0.214. The summed E-state index contributed by atoms with van der Waals surface area (Å²) in [4.78, 5) is 0. The van der Waals surface area contributed by atoms with E-state index in [1.54, 1.807) is 0 Å². The molecular weight excluding hydrogens is 353 g/mol. The molecule has 4 heteroatoms. The van der Waals surface area contributed by atoms with Gasteiger partial charge in [0.1, 0.15) is 0 Å². The predicted molar refractivity (Wildman–Crippen MR) is 106 cm³/mol. The van der Waals surface area contributed by atoms with E-state index in [4.69, 9.17) is 27.9 Å². The maximum atomic E-state index is 6.25. The summed E-state index contributed by atoms with van der Waals surface area (Å²) >= 11 is 12.5. The van der Waals surface area contributed by atoms with Crippen LogP contribution in [0.25, 0.3) is 21.8 Å². The molecule has 0 aliphatic heterocycles. The Kier molecular flexibility index (Phi) is 4.43. The first-order valence-corrected chi connectivity index (χ1v) is 9.00. The average molecular weight is 370 g/mol. The monoisotopic (exact) mass is 369 g/mol. The van der Waals surface area contributed by atoms with Crippen molar-refractivity contribution in [2.45, 2.75) is 13.2 Å². The average Bonchev–Trinajstić information content (AvgIpc) is 2.93. The fraction of sp³-hybridized carbons (Fsp3) is 0.143. The molecule has 0 saturated carbocycles. The van der Waals surface area contributed by atoms with E-state index in [0.717, 1.165) is 27.4 Å². The molecule has 3 aromatic carbocycles. The summed E-state index contributed by atoms with van der Waals surface area (Å²) in [6.45, 7) is 2.62. The fourth-order valence-electron chi connectivity index (χ4n) is 3.35. The van der Waals surface area contributed by atoms with Crippen molar-refractivity contribution in [3.8, 4) is 0 Å². The molecule has 0 bridgehead atoms. The van der Waals surface area contributed by atoms with Crippen LogP contribution in [0.5, 0.6) is 0 Å². The van der Waals surface area contributed by atoms with Crippen molar-refractivity contribution in [2.24, 2.45) is 0 Å². The van der Waals surface area contributed by atoms with Gasteiger partial charge in [-0.1, -0.05) is 53.5 Å². The van der Waals surface area contributed by atoms with Crippen molar-refractivity contribution in [1.82, 2.24) is 4.57 Å². The molecule has 25 heavy (non-hydrogen) atoms. The SMILES string of the molecule is CCO[C@@H](c1ccccc1)n1c2ccc(Cl)cc2c2cc(Cl)ccc21. The second-order valence-corrected chi connectivity index (χ2v) is 6.78. The number of ether oxygens (including phenoxy) is 1. The van der Waals surface area contributed by atoms with Crippen LogP contribution in [-0.2, 0) is 4.74 Å². The smallest absolute Gasteiger partial charge is 0.160 e. The molecule has 1 aromatic heterocycles. The topological polar surface area (TPSA) is 14.2 Å². The maximum Gasteiger partial charge on any atom is 0.160 e. The fourth-order valence-corrected chi connectivity index (χ4v) is 3.69. The summed E-state index contributed by atoms with van der Waals surface area (Å²) in [5, 5.41) is 3.56. The summed E-state index contributed by atoms with van der Waals surface area (Å²) < 4.78 is 8.36. The summed E-state index contributed by atoms with van der Waals surface area (Å²) in [5.41, 5.74) is 3.25. The number of halogens is 2. The van der Waals surface area contributed by atoms with Gasteiger partial charge in [0.15, 0.2) is 6.23 Å². The van der Waals surface area contributed by atoms with Crippen LogP contribution in [0.15, 0.2) is 66.7 Å². The molecular formula is C21H17Cl2NO. The first-order chi connectivity index (χ1) is 12.2. The van der Waals surface area contributed by atoms with E-state index in [-0.39, 0.29) is 6.23 Å². The molecule has 1 atom stereocenters. The molecule has 0 aliphatic rings. The quantitative estimate of drug-likeness (QED) is 0.391. The Bertz CT molecular complexity index is 981. The van der Waals surface area contributed by atoms with Crippen LogP contribution in [0, 0.1) is 0 Å². The Morgan fingerprint density at radius 1 is 0.840 bits per heavy atom. The van der Waals surface area contributed by atoms with Crippen molar-refractivity contribution in [1.29, 1.82) is 0 Å². The Morgan fingerprint density at radius 3 is 1.92 bits per heavy atom. The maximum absolute atomic E-state index is 6.25. The molecule has 0 amide bonds. The zero-order chi connectivity index (χ0) is 17.4. The molecule has 4 aromatic rings. The zero-order valence-electron chi connectivity index (χ0n) is 13.7. The Hall–Kier alpha value is -2.00. The molecule has 126 valence electrons. The molecule has 0 radical (unpaired) electrons. The molecule has 1 heterocycles. The van der Waals surface area contributed by atoms with Crippen molar-refractivity contribution >= 4 is 45.0 Å². The molecule has 4 rings (SSSR count). The lowest BCUT2D eigenvalue weighted by atomic mass is 10.1. The van der Waals surface area contributed by atoms with E-state index >= 15 is 0 Å². The van der Waals surface area contributed by atoms with E-state index in [1.165, 1.54) is 0 Å². The number of nitrogens with zero attached hydrogens (tertiary/aromatic N) is 1. The highest BCUT2D eigenvalue weighted by Crippen LogP contribution is 2.37. The number of fused-ring (bicyclic) bond motifs is 3. The molecule has 0 aliphatic carbocycles. The van der Waals surface area contributed by atoms with Gasteiger partial charge in [-0.2, -0.15) is 0 Å². The minimum Gasteiger partial charge on any atom is -0.354 e. The van der Waals surface area contributed by atoms with Crippen molar-refractivity contribution in [3.63, 3.8) is 0 Å². The second-order valence-electron chi connectivity index (χ2n) is 5.91. The van der Waals surface area contributed by atoms with Gasteiger partial charge >= 0.3 is 0 Å². The highest BCUT2D eigenvalue weighted by atomic mass is 35.5. The van der Waals surface area contributed by atoms with E-state index in [2.05, 4.69) is 16.7 Å². The van der Waals surface area contributed by atoms with Crippen molar-refractivity contribution in [2.75, 3.05) is 6.61 Å². The molecule has 2 nitrogen and oxygen atoms in total. The summed E-state index contributed by atoms with van der Waals surface area (Å²) in [5.74, 6) is 0. The molecule has 0 spiro atoms. The lowest BCUT2D eigenvalue weighted by Crippen LogP contribution is -2.14. The number of hydrogen-bond acceptors (Lipinski definition) is 1. The lowest BCUT2D eigenvalue weighted by molar-refractivity contribution is 0.0470. The molecule has 0 saturated heterocycles. The van der Waals surface area contributed by atoms with Gasteiger partial charge in [0.05, 0.1) is 11.0 Å². The van der Waals surface area contributed by atoms with Gasteiger partial charge in [0.25, 0.3) is 0 Å². The first-order valence-electron chi connectivity index (χ1n) is 8.24. The van der Waals surface area contributed by atoms with Gasteiger partial charge in [-0.05, 0) is 43.3 Å². The number of benzene rings is 3. The summed E-state index contributed by atoms with van der Waals surface area (Å²) in [6, 6.07) is 22.1. The molecule has 0 unspecified atom stereocenters. The Labute approximate surface area is 156 Å². The third-order valence-corrected chi connectivity index (χ3v) is 4.84. The van der Waals surface area contributed by atoms with Gasteiger partial charge in [0, 0.05) is 33.0 Å². The van der Waals surface area contributed by atoms with Crippen LogP contribution in [0.2, 0.25) is 10.0 Å². The Morgan fingerprint density at radius 2 is 1.40 bits per heavy atom. The third kappa shape index (κ3) is 2.91. The largest absolute Gasteiger partial charge is 0.354 e. The number of rotatable bonds is 4. The van der Waals surface area contributed by atoms with Crippen LogP contribution in [0.1, 0.15) is 18.7 Å². The van der Waals surface area contributed by atoms with E-state index < -0.39 is 0 Å². The third-order valence-electron chi connectivity index (χ3n) is 4.37. The zero-order valence-corrected chi connectivity index (χ0v) is 15.3. The van der Waals surface area contributed by atoms with Crippen LogP contribution < -0.4 is 0 Å². The standard InChI is InChI=1S/C21H17Cl2NO/c1-2-25-21(14-6-4-3-5-7-14)24-19-10-8-15(22)12-17(19)18-13-16(23)9-11-20(18)24/h3-13,21H,2H2,1H3/t21-/m0/s1. The van der Waals surface area contributed by atoms with Gasteiger partial charge < -0.3 is 9.30 Å². The van der Waals surface area contributed by atoms with Crippen molar-refractivity contribution < 1.29 is 4.74 Å².